The highest BCUT2D eigenvalue weighted by atomic mass is 32.1. The van der Waals surface area contributed by atoms with Crippen LogP contribution in [0, 0.1) is 5.92 Å². The molecule has 2 aromatic carbocycles. The van der Waals surface area contributed by atoms with Crippen LogP contribution in [0.1, 0.15) is 45.2 Å². The molecule has 0 atom stereocenters. The van der Waals surface area contributed by atoms with E-state index in [1.165, 1.54) is 28.2 Å². The van der Waals surface area contributed by atoms with Gasteiger partial charge in [0.2, 0.25) is 5.13 Å². The molecule has 7 rings (SSSR count). The van der Waals surface area contributed by atoms with Gasteiger partial charge in [-0.1, -0.05) is 48.7 Å². The highest BCUT2D eigenvalue weighted by Crippen LogP contribution is 2.38. The fourth-order valence-corrected chi connectivity index (χ4v) is 7.46. The number of carbonyl (C=O) groups is 2. The Bertz CT molecular complexity index is 2250. The molecule has 4 aromatic heterocycles. The predicted molar refractivity (Wildman–Crippen MR) is 207 cm³/mol. The summed E-state index contributed by atoms with van der Waals surface area (Å²) in [5, 5.41) is 21.4. The van der Waals surface area contributed by atoms with Gasteiger partial charge < -0.3 is 15.4 Å². The van der Waals surface area contributed by atoms with Crippen molar-refractivity contribution in [2.75, 3.05) is 21.3 Å². The normalized spacial score (nSPS) is 13.2. The number of aromatic nitrogens is 5. The number of nitrogens with zero attached hydrogens (tertiary/aromatic N) is 5. The zero-order valence-electron chi connectivity index (χ0n) is 29.1. The fourth-order valence-electron chi connectivity index (χ4n) is 5.87. The van der Waals surface area contributed by atoms with Crippen molar-refractivity contribution in [3.63, 3.8) is 0 Å². The van der Waals surface area contributed by atoms with E-state index < -0.39 is 6.03 Å². The first-order valence-electron chi connectivity index (χ1n) is 16.8. The molecule has 12 nitrogen and oxygen atoms in total. The molecule has 0 saturated carbocycles. The van der Waals surface area contributed by atoms with Crippen LogP contribution in [0.25, 0.3) is 32.3 Å². The van der Waals surface area contributed by atoms with Crippen LogP contribution in [0.4, 0.5) is 31.2 Å². The second-order valence-corrected chi connectivity index (χ2v) is 15.4. The summed E-state index contributed by atoms with van der Waals surface area (Å²) < 4.78 is 6.05. The molecular formula is C38H37N9O3S2. The fraction of sp³-hybridized carbons (Fsp3) is 0.237. The Morgan fingerprint density at radius 1 is 0.827 bits per heavy atom. The third kappa shape index (κ3) is 8.41. The predicted octanol–water partition coefficient (Wildman–Crippen LogP) is 9.38. The second-order valence-electron chi connectivity index (χ2n) is 13.4. The minimum atomic E-state index is -0.415. The maximum absolute atomic E-state index is 12.8. The van der Waals surface area contributed by atoms with E-state index in [0.717, 1.165) is 57.8 Å². The van der Waals surface area contributed by atoms with Gasteiger partial charge in [-0.15, -0.1) is 10.2 Å². The number of hydrogen-bond acceptors (Lipinski definition) is 10. The van der Waals surface area contributed by atoms with Gasteiger partial charge in [0.25, 0.3) is 0 Å². The molecule has 264 valence electrons. The molecule has 4 N–H and O–H groups in total. The SMILES string of the molecule is CC(C)Cc1cccc(NC(=O)Nc2ncc(-c3ccncc3-c3cc(-c4nnc(NC(=O)Nc5ccc6c(c5)CCC(C)(C)O6)s4)ccn3)s2)c1. The Morgan fingerprint density at radius 2 is 1.63 bits per heavy atom. The van der Waals surface area contributed by atoms with Crippen LogP contribution < -0.4 is 26.0 Å². The van der Waals surface area contributed by atoms with Gasteiger partial charge in [0.1, 0.15) is 16.4 Å². The molecular weight excluding hydrogens is 695 g/mol. The van der Waals surface area contributed by atoms with E-state index in [1.807, 2.05) is 54.6 Å². The largest absolute Gasteiger partial charge is 0.488 e. The number of carbonyl (C=O) groups excluding carboxylic acids is 2. The number of fused-ring (bicyclic) bond motifs is 1. The van der Waals surface area contributed by atoms with Crippen molar-refractivity contribution < 1.29 is 14.3 Å². The molecule has 0 unspecified atom stereocenters. The highest BCUT2D eigenvalue weighted by Gasteiger charge is 2.26. The minimum absolute atomic E-state index is 0.199. The summed E-state index contributed by atoms with van der Waals surface area (Å²) in [4.78, 5) is 39.9. The van der Waals surface area contributed by atoms with Gasteiger partial charge in [0.15, 0.2) is 5.13 Å². The number of amides is 4. The number of benzene rings is 2. The molecule has 0 radical (unpaired) electrons. The third-order valence-electron chi connectivity index (χ3n) is 8.27. The summed E-state index contributed by atoms with van der Waals surface area (Å²) in [6.07, 6.45) is 9.59. The number of urea groups is 2. The number of hydrogen-bond donors (Lipinski definition) is 4. The third-order valence-corrected chi connectivity index (χ3v) is 10.1. The number of anilines is 4. The van der Waals surface area contributed by atoms with E-state index in [2.05, 4.69) is 80.2 Å². The van der Waals surface area contributed by atoms with E-state index in [1.54, 1.807) is 24.8 Å². The average Bonchev–Trinajstić information content (AvgIpc) is 3.78. The van der Waals surface area contributed by atoms with Gasteiger partial charge in [-0.2, -0.15) is 0 Å². The number of pyridine rings is 2. The van der Waals surface area contributed by atoms with E-state index in [9.17, 15) is 9.59 Å². The summed E-state index contributed by atoms with van der Waals surface area (Å²) in [7, 11) is 0. The van der Waals surface area contributed by atoms with Gasteiger partial charge >= 0.3 is 12.1 Å². The number of aryl methyl sites for hydroxylation is 1. The Labute approximate surface area is 309 Å². The highest BCUT2D eigenvalue weighted by molar-refractivity contribution is 7.19. The molecule has 1 aliphatic heterocycles. The molecule has 6 aromatic rings. The van der Waals surface area contributed by atoms with Crippen molar-refractivity contribution in [2.24, 2.45) is 5.92 Å². The lowest BCUT2D eigenvalue weighted by Gasteiger charge is -2.32. The van der Waals surface area contributed by atoms with Gasteiger partial charge in [0.05, 0.1) is 10.6 Å². The first-order valence-corrected chi connectivity index (χ1v) is 18.5. The van der Waals surface area contributed by atoms with Crippen molar-refractivity contribution in [2.45, 2.75) is 52.6 Å². The molecule has 0 aliphatic carbocycles. The molecule has 52 heavy (non-hydrogen) atoms. The summed E-state index contributed by atoms with van der Waals surface area (Å²) in [5.41, 5.74) is 6.53. The van der Waals surface area contributed by atoms with Crippen LogP contribution in [0.15, 0.2) is 85.5 Å². The Kier molecular flexibility index (Phi) is 9.92. The second kappa shape index (κ2) is 14.9. The monoisotopic (exact) mass is 731 g/mol. The molecule has 0 bridgehead atoms. The van der Waals surface area contributed by atoms with Crippen LogP contribution in [0.2, 0.25) is 0 Å². The quantitative estimate of drug-likeness (QED) is 0.115. The zero-order chi connectivity index (χ0) is 36.2. The molecule has 5 heterocycles. The first-order chi connectivity index (χ1) is 25.1. The van der Waals surface area contributed by atoms with E-state index >= 15 is 0 Å². The van der Waals surface area contributed by atoms with Gasteiger partial charge in [-0.3, -0.25) is 20.6 Å². The number of ether oxygens (including phenoxy) is 1. The van der Waals surface area contributed by atoms with Crippen LogP contribution >= 0.6 is 22.7 Å². The minimum Gasteiger partial charge on any atom is -0.488 e. The Balaban J connectivity index is 1.01. The van der Waals surface area contributed by atoms with Gasteiger partial charge in [-0.05, 0) is 98.7 Å². The van der Waals surface area contributed by atoms with Crippen molar-refractivity contribution in [3.05, 3.63) is 96.6 Å². The van der Waals surface area contributed by atoms with E-state index in [4.69, 9.17) is 4.74 Å². The average molecular weight is 732 g/mol. The summed E-state index contributed by atoms with van der Waals surface area (Å²) in [5.74, 6) is 1.36. The topological polar surface area (TPSA) is 156 Å². The van der Waals surface area contributed by atoms with Crippen molar-refractivity contribution in [3.8, 4) is 38.0 Å². The molecule has 1 aliphatic rings. The Hall–Kier alpha value is -5.73. The summed E-state index contributed by atoms with van der Waals surface area (Å²) >= 11 is 2.60. The number of thiazole rings is 1. The van der Waals surface area contributed by atoms with Crippen LogP contribution in [-0.4, -0.2) is 42.8 Å². The lowest BCUT2D eigenvalue weighted by atomic mass is 9.94. The van der Waals surface area contributed by atoms with Crippen LogP contribution in [0.3, 0.4) is 0 Å². The van der Waals surface area contributed by atoms with Crippen molar-refractivity contribution in [1.29, 1.82) is 0 Å². The standard InChI is InChI=1S/C38H37N9O3S2/c1-22(2)16-23-6-5-7-26(17-23)42-34(48)44-36-41-21-32(51-36)28-12-14-39-20-29(28)30-19-25(11-15-40-30)33-46-47-37(52-33)45-35(49)43-27-8-9-31-24(18-27)10-13-38(3,4)50-31/h5-9,11-12,14-15,17-22H,10,13,16H2,1-4H3,(H2,41,42,44,48)(H2,43,45,47,49). The summed E-state index contributed by atoms with van der Waals surface area (Å²) in [6.45, 7) is 8.48. The number of nitrogens with one attached hydrogen (secondary N) is 4. The summed E-state index contributed by atoms with van der Waals surface area (Å²) in [6, 6.07) is 18.4. The molecule has 0 fully saturated rings. The lowest BCUT2D eigenvalue weighted by molar-refractivity contribution is 0.0847. The van der Waals surface area contributed by atoms with Crippen LogP contribution in [0.5, 0.6) is 5.75 Å². The van der Waals surface area contributed by atoms with E-state index in [0.29, 0.717) is 32.6 Å². The van der Waals surface area contributed by atoms with Crippen molar-refractivity contribution in [1.82, 2.24) is 25.1 Å². The van der Waals surface area contributed by atoms with Crippen LogP contribution in [-0.2, 0) is 12.8 Å². The number of rotatable bonds is 9. The van der Waals surface area contributed by atoms with Gasteiger partial charge in [-0.25, -0.2) is 14.6 Å². The zero-order valence-corrected chi connectivity index (χ0v) is 30.7. The van der Waals surface area contributed by atoms with Gasteiger partial charge in [0, 0.05) is 52.9 Å². The molecule has 4 amide bonds. The smallest absolute Gasteiger partial charge is 0.325 e. The molecule has 0 spiro atoms. The first kappa shape index (κ1) is 34.7. The molecule has 14 heteroatoms. The maximum Gasteiger partial charge on any atom is 0.325 e. The molecule has 0 saturated heterocycles. The Morgan fingerprint density at radius 3 is 2.46 bits per heavy atom. The van der Waals surface area contributed by atoms with E-state index in [-0.39, 0.29) is 11.6 Å². The maximum atomic E-state index is 12.8. The van der Waals surface area contributed by atoms with Crippen molar-refractivity contribution >= 4 is 56.4 Å². The lowest BCUT2D eigenvalue weighted by Crippen LogP contribution is -2.32.